The number of ether oxygens (including phenoxy) is 2. The van der Waals surface area contributed by atoms with Gasteiger partial charge < -0.3 is 13.9 Å². The Labute approximate surface area is 187 Å². The normalized spacial score (nSPS) is 11.2. The van der Waals surface area contributed by atoms with Gasteiger partial charge in [0.25, 0.3) is 0 Å². The van der Waals surface area contributed by atoms with Crippen LogP contribution in [-0.2, 0) is 22.6 Å². The first-order valence-corrected chi connectivity index (χ1v) is 10.7. The summed E-state index contributed by atoms with van der Waals surface area (Å²) in [6.07, 6.45) is 6.47. The lowest BCUT2D eigenvalue weighted by Crippen LogP contribution is -2.05. The van der Waals surface area contributed by atoms with Crippen molar-refractivity contribution < 1.29 is 18.7 Å². The number of hydrogen-bond acceptors (Lipinski definition) is 5. The molecule has 4 aromatic rings. The molecule has 0 saturated carbocycles. The summed E-state index contributed by atoms with van der Waals surface area (Å²) in [4.78, 5) is 16.0. The molecule has 1 heterocycles. The molecule has 0 bridgehead atoms. The molecular formula is C27H25NO4. The van der Waals surface area contributed by atoms with Crippen LogP contribution in [0, 0.1) is 0 Å². The molecule has 0 radical (unpaired) electrons. The molecule has 0 amide bonds. The minimum atomic E-state index is -0.164. The van der Waals surface area contributed by atoms with E-state index in [9.17, 15) is 4.79 Å². The molecule has 0 aliphatic rings. The molecule has 0 unspecified atom stereocenters. The summed E-state index contributed by atoms with van der Waals surface area (Å²) in [5.74, 6) is 1.14. The number of esters is 1. The van der Waals surface area contributed by atoms with Crippen LogP contribution in [0.15, 0.2) is 77.4 Å². The summed E-state index contributed by atoms with van der Waals surface area (Å²) in [6.45, 7) is 2.56. The molecule has 1 aromatic heterocycles. The maximum atomic E-state index is 11.6. The highest BCUT2D eigenvalue weighted by atomic mass is 16.5. The molecule has 0 fully saturated rings. The van der Waals surface area contributed by atoms with Crippen LogP contribution in [0.2, 0.25) is 0 Å². The number of rotatable bonds is 9. The van der Waals surface area contributed by atoms with Gasteiger partial charge in [-0.3, -0.25) is 4.79 Å². The van der Waals surface area contributed by atoms with Gasteiger partial charge in [-0.2, -0.15) is 0 Å². The second kappa shape index (κ2) is 10.4. The Bertz CT molecular complexity index is 1210. The number of aromatic nitrogens is 1. The van der Waals surface area contributed by atoms with E-state index in [0.717, 1.165) is 33.3 Å². The summed E-state index contributed by atoms with van der Waals surface area (Å²) in [6, 6.07) is 22.1. The third-order valence-corrected chi connectivity index (χ3v) is 4.97. The summed E-state index contributed by atoms with van der Waals surface area (Å²) in [7, 11) is 0. The van der Waals surface area contributed by atoms with Crippen LogP contribution in [0.3, 0.4) is 0 Å². The van der Waals surface area contributed by atoms with E-state index in [0.29, 0.717) is 31.9 Å². The Kier molecular flexibility index (Phi) is 6.98. The summed E-state index contributed by atoms with van der Waals surface area (Å²) in [5.41, 5.74) is 2.92. The van der Waals surface area contributed by atoms with Gasteiger partial charge in [0.15, 0.2) is 0 Å². The highest BCUT2D eigenvalue weighted by Crippen LogP contribution is 2.23. The zero-order chi connectivity index (χ0) is 22.2. The van der Waals surface area contributed by atoms with E-state index >= 15 is 0 Å². The topological polar surface area (TPSA) is 61.6 Å². The zero-order valence-electron chi connectivity index (χ0n) is 18.0. The molecule has 5 heteroatoms. The largest absolute Gasteiger partial charge is 0.487 e. The van der Waals surface area contributed by atoms with Crippen molar-refractivity contribution in [2.24, 2.45) is 0 Å². The number of carbonyl (C=O) groups excluding carboxylic acids is 1. The highest BCUT2D eigenvalue weighted by molar-refractivity contribution is 5.84. The summed E-state index contributed by atoms with van der Waals surface area (Å²) in [5, 5.41) is 2.18. The van der Waals surface area contributed by atoms with E-state index in [4.69, 9.17) is 13.9 Å². The molecule has 0 saturated heterocycles. The Hall–Kier alpha value is -3.86. The maximum Gasteiger partial charge on any atom is 0.306 e. The van der Waals surface area contributed by atoms with Crippen molar-refractivity contribution in [2.45, 2.75) is 26.4 Å². The molecule has 5 nitrogen and oxygen atoms in total. The fraction of sp³-hybridized carbons (Fsp3) is 0.185. The van der Waals surface area contributed by atoms with Crippen molar-refractivity contribution in [2.75, 3.05) is 6.61 Å². The molecule has 0 N–H and O–H groups in total. The summed E-state index contributed by atoms with van der Waals surface area (Å²) < 4.78 is 16.4. The monoisotopic (exact) mass is 427 g/mol. The number of hydrogen-bond donors (Lipinski definition) is 0. The van der Waals surface area contributed by atoms with Gasteiger partial charge in [0.1, 0.15) is 24.3 Å². The van der Waals surface area contributed by atoms with Gasteiger partial charge in [-0.15, -0.1) is 0 Å². The minimum Gasteiger partial charge on any atom is -0.487 e. The van der Waals surface area contributed by atoms with E-state index in [2.05, 4.69) is 11.1 Å². The van der Waals surface area contributed by atoms with Gasteiger partial charge in [-0.05, 0) is 53.5 Å². The maximum absolute atomic E-state index is 11.6. The van der Waals surface area contributed by atoms with Crippen LogP contribution in [0.1, 0.15) is 36.1 Å². The van der Waals surface area contributed by atoms with Gasteiger partial charge in [-0.1, -0.05) is 54.6 Å². The molecule has 162 valence electrons. The highest BCUT2D eigenvalue weighted by Gasteiger charge is 2.06. The fourth-order valence-corrected chi connectivity index (χ4v) is 3.35. The van der Waals surface area contributed by atoms with Gasteiger partial charge in [0, 0.05) is 12.5 Å². The van der Waals surface area contributed by atoms with E-state index in [1.165, 1.54) is 0 Å². The number of benzene rings is 3. The summed E-state index contributed by atoms with van der Waals surface area (Å²) >= 11 is 0. The van der Waals surface area contributed by atoms with Gasteiger partial charge in [0.2, 0.25) is 5.89 Å². The number of aryl methyl sites for hydroxylation is 1. The molecule has 0 aliphatic carbocycles. The predicted octanol–water partition coefficient (Wildman–Crippen LogP) is 6.07. The van der Waals surface area contributed by atoms with Crippen molar-refractivity contribution in [1.29, 1.82) is 0 Å². The Morgan fingerprint density at radius 3 is 2.66 bits per heavy atom. The van der Waals surface area contributed by atoms with Gasteiger partial charge in [0.05, 0.1) is 6.61 Å². The quantitative estimate of drug-likeness (QED) is 0.303. The molecule has 32 heavy (non-hydrogen) atoms. The number of carbonyl (C=O) groups is 1. The molecule has 0 spiro atoms. The Morgan fingerprint density at radius 1 is 1.00 bits per heavy atom. The lowest BCUT2D eigenvalue weighted by molar-refractivity contribution is -0.143. The van der Waals surface area contributed by atoms with Gasteiger partial charge in [-0.25, -0.2) is 4.98 Å². The van der Waals surface area contributed by atoms with E-state index in [-0.39, 0.29) is 5.97 Å². The first kappa shape index (κ1) is 21.4. The second-order valence-corrected chi connectivity index (χ2v) is 7.36. The minimum absolute atomic E-state index is 0.164. The molecule has 3 aromatic carbocycles. The first-order chi connectivity index (χ1) is 15.7. The van der Waals surface area contributed by atoms with Crippen LogP contribution in [0.25, 0.3) is 22.9 Å². The average molecular weight is 428 g/mol. The predicted molar refractivity (Wildman–Crippen MR) is 125 cm³/mol. The van der Waals surface area contributed by atoms with Crippen LogP contribution < -0.4 is 4.74 Å². The van der Waals surface area contributed by atoms with Crippen molar-refractivity contribution >= 4 is 28.9 Å². The first-order valence-electron chi connectivity index (χ1n) is 10.7. The van der Waals surface area contributed by atoms with Gasteiger partial charge >= 0.3 is 5.97 Å². The smallest absolute Gasteiger partial charge is 0.306 e. The third kappa shape index (κ3) is 5.85. The van der Waals surface area contributed by atoms with Crippen LogP contribution in [0.4, 0.5) is 0 Å². The average Bonchev–Trinajstić information content (AvgIpc) is 3.29. The molecular weight excluding hydrogens is 402 g/mol. The fourth-order valence-electron chi connectivity index (χ4n) is 3.35. The number of oxazole rings is 1. The van der Waals surface area contributed by atoms with E-state index < -0.39 is 0 Å². The second-order valence-electron chi connectivity index (χ2n) is 7.36. The van der Waals surface area contributed by atoms with Crippen molar-refractivity contribution in [3.63, 3.8) is 0 Å². The van der Waals surface area contributed by atoms with Crippen molar-refractivity contribution in [1.82, 2.24) is 4.98 Å². The van der Waals surface area contributed by atoms with Crippen molar-refractivity contribution in [3.8, 4) is 5.75 Å². The van der Waals surface area contributed by atoms with Crippen LogP contribution in [-0.4, -0.2) is 17.6 Å². The molecule has 0 atom stereocenters. The Balaban J connectivity index is 1.34. The number of fused-ring (bicyclic) bond motifs is 1. The molecule has 0 aliphatic heterocycles. The van der Waals surface area contributed by atoms with Crippen LogP contribution >= 0.6 is 0 Å². The zero-order valence-corrected chi connectivity index (χ0v) is 18.0. The Morgan fingerprint density at radius 2 is 1.81 bits per heavy atom. The third-order valence-electron chi connectivity index (χ3n) is 4.97. The van der Waals surface area contributed by atoms with E-state index in [1.54, 1.807) is 6.26 Å². The lowest BCUT2D eigenvalue weighted by Gasteiger charge is -2.07. The van der Waals surface area contributed by atoms with Crippen molar-refractivity contribution in [3.05, 3.63) is 95.7 Å². The number of nitrogens with zero attached hydrogens (tertiary/aromatic N) is 1. The molecule has 4 rings (SSSR count). The van der Waals surface area contributed by atoms with E-state index in [1.807, 2.05) is 79.7 Å². The standard InChI is InChI=1S/C27H25NO4/c1-2-30-27(29)15-10-21-8-11-23-17-25(13-12-22(23)16-21)31-18-24-19-32-26(28-24)14-9-20-6-4-3-5-7-20/h3-9,11-14,16-17,19H,2,10,15,18H2,1H3/b14-9+. The SMILES string of the molecule is CCOC(=O)CCc1ccc2cc(OCc3coc(/C=C/c4ccccc4)n3)ccc2c1. The lowest BCUT2D eigenvalue weighted by atomic mass is 10.0. The van der Waals surface area contributed by atoms with Crippen LogP contribution in [0.5, 0.6) is 5.75 Å².